The van der Waals surface area contributed by atoms with Gasteiger partial charge >= 0.3 is 11.8 Å². The zero-order valence-corrected chi connectivity index (χ0v) is 23.6. The minimum absolute atomic E-state index is 0.0323. The number of benzene rings is 3. The van der Waals surface area contributed by atoms with Gasteiger partial charge in [-0.1, -0.05) is 51.8 Å². The van der Waals surface area contributed by atoms with Crippen LogP contribution in [0.15, 0.2) is 71.2 Å². The predicted molar refractivity (Wildman–Crippen MR) is 151 cm³/mol. The van der Waals surface area contributed by atoms with Crippen LogP contribution < -0.4 is 10.6 Å². The van der Waals surface area contributed by atoms with E-state index in [-0.39, 0.29) is 29.0 Å². The standard InChI is InChI=1S/C29H28BrClFN3O4/c1-35(20-13-15-39-16-14-20)29(38)18-9-11-19(12-10-18)33-27(36)28(37)34-26(21-5-2-3-6-23(21)30)17-22-24(31)7-4-8-25(22)32/h2-12,20,26H,13-17H2,1H3,(H,33,36)(H,34,37). The zero-order valence-electron chi connectivity index (χ0n) is 21.3. The van der Waals surface area contributed by atoms with Crippen molar-refractivity contribution in [2.24, 2.45) is 0 Å². The molecular weight excluding hydrogens is 589 g/mol. The van der Waals surface area contributed by atoms with Crippen LogP contribution in [-0.4, -0.2) is 48.9 Å². The van der Waals surface area contributed by atoms with Gasteiger partial charge in [0, 0.05) is 59.0 Å². The van der Waals surface area contributed by atoms with Crippen molar-refractivity contribution in [2.45, 2.75) is 31.3 Å². The van der Waals surface area contributed by atoms with Crippen molar-refractivity contribution in [1.82, 2.24) is 10.2 Å². The number of amides is 3. The lowest BCUT2D eigenvalue weighted by molar-refractivity contribution is -0.136. The lowest BCUT2D eigenvalue weighted by atomic mass is 9.98. The third kappa shape index (κ3) is 7.23. The van der Waals surface area contributed by atoms with E-state index >= 15 is 0 Å². The maximum Gasteiger partial charge on any atom is 0.313 e. The van der Waals surface area contributed by atoms with Gasteiger partial charge in [-0.05, 0) is 60.9 Å². The van der Waals surface area contributed by atoms with Crippen molar-refractivity contribution in [3.8, 4) is 0 Å². The molecule has 0 radical (unpaired) electrons. The molecule has 10 heteroatoms. The van der Waals surface area contributed by atoms with E-state index in [1.54, 1.807) is 60.5 Å². The summed E-state index contributed by atoms with van der Waals surface area (Å²) in [7, 11) is 1.77. The molecule has 204 valence electrons. The Morgan fingerprint density at radius 3 is 2.38 bits per heavy atom. The monoisotopic (exact) mass is 615 g/mol. The van der Waals surface area contributed by atoms with Crippen molar-refractivity contribution < 1.29 is 23.5 Å². The topological polar surface area (TPSA) is 87.7 Å². The highest BCUT2D eigenvalue weighted by Crippen LogP contribution is 2.30. The molecule has 1 saturated heterocycles. The molecule has 0 saturated carbocycles. The molecule has 1 atom stereocenters. The van der Waals surface area contributed by atoms with Crippen LogP contribution in [0.3, 0.4) is 0 Å². The normalized spacial score (nSPS) is 14.4. The molecule has 0 aliphatic carbocycles. The lowest BCUT2D eigenvalue weighted by Crippen LogP contribution is -2.40. The fourth-order valence-corrected chi connectivity index (χ4v) is 5.28. The molecule has 0 spiro atoms. The molecule has 0 bridgehead atoms. The lowest BCUT2D eigenvalue weighted by Gasteiger charge is -2.31. The maximum absolute atomic E-state index is 14.5. The average molecular weight is 617 g/mol. The Morgan fingerprint density at radius 2 is 1.72 bits per heavy atom. The van der Waals surface area contributed by atoms with Crippen LogP contribution in [-0.2, 0) is 20.7 Å². The van der Waals surface area contributed by atoms with E-state index in [1.165, 1.54) is 12.1 Å². The summed E-state index contributed by atoms with van der Waals surface area (Å²) in [5.74, 6) is -2.43. The van der Waals surface area contributed by atoms with Crippen LogP contribution in [0.1, 0.15) is 40.4 Å². The number of carbonyl (C=O) groups excluding carboxylic acids is 3. The second-order valence-electron chi connectivity index (χ2n) is 9.24. The summed E-state index contributed by atoms with van der Waals surface area (Å²) in [4.78, 5) is 40.2. The molecule has 1 fully saturated rings. The van der Waals surface area contributed by atoms with E-state index in [9.17, 15) is 18.8 Å². The molecule has 1 aliphatic rings. The second kappa shape index (κ2) is 13.2. The van der Waals surface area contributed by atoms with Gasteiger partial charge in [0.1, 0.15) is 5.82 Å². The molecule has 3 amide bonds. The SMILES string of the molecule is CN(C(=O)c1ccc(NC(=O)C(=O)NC(Cc2c(F)cccc2Cl)c2ccccc2Br)cc1)C1CCOCC1. The summed E-state index contributed by atoms with van der Waals surface area (Å²) in [6, 6.07) is 17.3. The van der Waals surface area contributed by atoms with Crippen molar-refractivity contribution in [3.63, 3.8) is 0 Å². The number of anilines is 1. The Kier molecular flexibility index (Phi) is 9.72. The van der Waals surface area contributed by atoms with Gasteiger partial charge in [0.05, 0.1) is 6.04 Å². The number of nitrogens with one attached hydrogen (secondary N) is 2. The third-order valence-electron chi connectivity index (χ3n) is 6.71. The van der Waals surface area contributed by atoms with E-state index in [4.69, 9.17) is 16.3 Å². The van der Waals surface area contributed by atoms with Gasteiger partial charge in [-0.2, -0.15) is 0 Å². The Hall–Kier alpha value is -3.27. The summed E-state index contributed by atoms with van der Waals surface area (Å²) >= 11 is 9.70. The van der Waals surface area contributed by atoms with E-state index in [1.807, 2.05) is 6.07 Å². The van der Waals surface area contributed by atoms with E-state index in [0.717, 1.165) is 12.8 Å². The molecular formula is C29H28BrClFN3O4. The zero-order chi connectivity index (χ0) is 27.9. The highest BCUT2D eigenvalue weighted by Gasteiger charge is 2.25. The first-order valence-corrected chi connectivity index (χ1v) is 13.7. The van der Waals surface area contributed by atoms with Crippen LogP contribution in [0, 0.1) is 5.82 Å². The molecule has 3 aromatic carbocycles. The molecule has 0 aromatic heterocycles. The van der Waals surface area contributed by atoms with E-state index in [2.05, 4.69) is 26.6 Å². The number of halogens is 3. The van der Waals surface area contributed by atoms with E-state index < -0.39 is 23.7 Å². The predicted octanol–water partition coefficient (Wildman–Crippen LogP) is 5.53. The fourth-order valence-electron chi connectivity index (χ4n) is 4.48. The molecule has 7 nitrogen and oxygen atoms in total. The van der Waals surface area contributed by atoms with Gasteiger partial charge in [-0.3, -0.25) is 14.4 Å². The molecule has 39 heavy (non-hydrogen) atoms. The Balaban J connectivity index is 1.43. The smallest absolute Gasteiger partial charge is 0.313 e. The Bertz CT molecular complexity index is 1330. The number of hydrogen-bond donors (Lipinski definition) is 2. The fraction of sp³-hybridized carbons (Fsp3) is 0.276. The molecule has 1 heterocycles. The number of carbonyl (C=O) groups is 3. The second-order valence-corrected chi connectivity index (χ2v) is 10.5. The third-order valence-corrected chi connectivity index (χ3v) is 7.79. The first-order valence-electron chi connectivity index (χ1n) is 12.5. The minimum atomic E-state index is -0.900. The number of hydrogen-bond acceptors (Lipinski definition) is 4. The molecule has 4 rings (SSSR count). The summed E-state index contributed by atoms with van der Waals surface area (Å²) in [5.41, 5.74) is 1.72. The molecule has 3 aromatic rings. The van der Waals surface area contributed by atoms with Gasteiger partial charge < -0.3 is 20.3 Å². The largest absolute Gasteiger partial charge is 0.381 e. The first-order chi connectivity index (χ1) is 18.7. The van der Waals surface area contributed by atoms with Crippen LogP contribution in [0.2, 0.25) is 5.02 Å². The summed E-state index contributed by atoms with van der Waals surface area (Å²) < 4.78 is 20.6. The highest BCUT2D eigenvalue weighted by atomic mass is 79.9. The van der Waals surface area contributed by atoms with Gasteiger partial charge in [-0.15, -0.1) is 0 Å². The van der Waals surface area contributed by atoms with Crippen LogP contribution in [0.4, 0.5) is 10.1 Å². The van der Waals surface area contributed by atoms with Gasteiger partial charge in [0.2, 0.25) is 0 Å². The molecule has 1 unspecified atom stereocenters. The average Bonchev–Trinajstić information content (AvgIpc) is 2.94. The molecule has 1 aliphatic heterocycles. The van der Waals surface area contributed by atoms with Gasteiger partial charge in [0.15, 0.2) is 0 Å². The number of nitrogens with zero attached hydrogens (tertiary/aromatic N) is 1. The minimum Gasteiger partial charge on any atom is -0.381 e. The quantitative estimate of drug-likeness (QED) is 0.342. The van der Waals surface area contributed by atoms with Crippen molar-refractivity contribution >= 4 is 50.9 Å². The van der Waals surface area contributed by atoms with Crippen LogP contribution in [0.5, 0.6) is 0 Å². The van der Waals surface area contributed by atoms with Crippen LogP contribution in [0.25, 0.3) is 0 Å². The Morgan fingerprint density at radius 1 is 1.03 bits per heavy atom. The van der Waals surface area contributed by atoms with Crippen LogP contribution >= 0.6 is 27.5 Å². The number of ether oxygens (including phenoxy) is 1. The molecule has 2 N–H and O–H groups in total. The van der Waals surface area contributed by atoms with Crippen molar-refractivity contribution in [2.75, 3.05) is 25.6 Å². The van der Waals surface area contributed by atoms with Gasteiger partial charge in [-0.25, -0.2) is 4.39 Å². The summed E-state index contributed by atoms with van der Waals surface area (Å²) in [5, 5.41) is 5.48. The highest BCUT2D eigenvalue weighted by molar-refractivity contribution is 9.10. The van der Waals surface area contributed by atoms with Crippen molar-refractivity contribution in [1.29, 1.82) is 0 Å². The Labute approximate surface area is 239 Å². The summed E-state index contributed by atoms with van der Waals surface area (Å²) in [6.07, 6.45) is 1.61. The van der Waals surface area contributed by atoms with Gasteiger partial charge in [0.25, 0.3) is 5.91 Å². The first kappa shape index (κ1) is 28.7. The van der Waals surface area contributed by atoms with E-state index in [0.29, 0.717) is 34.5 Å². The van der Waals surface area contributed by atoms with Crippen molar-refractivity contribution in [3.05, 3.63) is 98.7 Å². The number of rotatable bonds is 7. The summed E-state index contributed by atoms with van der Waals surface area (Å²) in [6.45, 7) is 1.26. The maximum atomic E-state index is 14.5.